The molecule has 0 fully saturated rings. The van der Waals surface area contributed by atoms with E-state index < -0.39 is 0 Å². The summed E-state index contributed by atoms with van der Waals surface area (Å²) in [6, 6.07) is 7.34. The molecule has 2 heteroatoms. The van der Waals surface area contributed by atoms with Gasteiger partial charge in [-0.15, -0.1) is 0 Å². The van der Waals surface area contributed by atoms with Crippen molar-refractivity contribution in [1.82, 2.24) is 0 Å². The summed E-state index contributed by atoms with van der Waals surface area (Å²) < 4.78 is 0. The third-order valence-corrected chi connectivity index (χ3v) is 1.68. The van der Waals surface area contributed by atoms with Gasteiger partial charge in [0.15, 0.2) is 0 Å². The zero-order chi connectivity index (χ0) is 8.27. The van der Waals surface area contributed by atoms with Gasteiger partial charge in [0.1, 0.15) is 0 Å². The van der Waals surface area contributed by atoms with Crippen LogP contribution in [0.4, 0.5) is 5.69 Å². The normalized spacial score (nSPS) is 12.9. The molecule has 2 nitrogen and oxygen atoms in total. The number of aliphatic hydroxyl groups excluding tert-OH is 1. The first-order chi connectivity index (χ1) is 5.24. The average molecular weight is 151 g/mol. The van der Waals surface area contributed by atoms with E-state index in [-0.39, 0.29) is 6.10 Å². The fourth-order valence-electron chi connectivity index (χ4n) is 1.00. The van der Waals surface area contributed by atoms with E-state index in [2.05, 4.69) is 0 Å². The molecule has 1 rings (SSSR count). The van der Waals surface area contributed by atoms with Crippen LogP contribution in [0.1, 0.15) is 25.0 Å². The third-order valence-electron chi connectivity index (χ3n) is 1.68. The first kappa shape index (κ1) is 8.08. The molecule has 1 aromatic carbocycles. The summed E-state index contributed by atoms with van der Waals surface area (Å²) in [5.74, 6) is 0. The smallest absolute Gasteiger partial charge is 0.0788 e. The lowest BCUT2D eigenvalue weighted by molar-refractivity contribution is 0.174. The van der Waals surface area contributed by atoms with Gasteiger partial charge in [-0.25, -0.2) is 0 Å². The molecule has 1 aromatic rings. The van der Waals surface area contributed by atoms with Gasteiger partial charge in [-0.2, -0.15) is 0 Å². The van der Waals surface area contributed by atoms with Crippen LogP contribution >= 0.6 is 0 Å². The lowest BCUT2D eigenvalue weighted by Crippen LogP contribution is -1.95. The van der Waals surface area contributed by atoms with Gasteiger partial charge in [-0.3, -0.25) is 0 Å². The lowest BCUT2D eigenvalue weighted by atomic mass is 10.1. The molecule has 1 atom stereocenters. The van der Waals surface area contributed by atoms with Crippen LogP contribution < -0.4 is 5.73 Å². The monoisotopic (exact) mass is 151 g/mol. The Morgan fingerprint density at radius 3 is 2.82 bits per heavy atom. The maximum Gasteiger partial charge on any atom is 0.0788 e. The van der Waals surface area contributed by atoms with Crippen LogP contribution in [0.5, 0.6) is 0 Å². The van der Waals surface area contributed by atoms with Crippen LogP contribution in [0.3, 0.4) is 0 Å². The Hall–Kier alpha value is -1.02. The van der Waals surface area contributed by atoms with Gasteiger partial charge in [0.05, 0.1) is 6.10 Å². The van der Waals surface area contributed by atoms with Crippen molar-refractivity contribution < 1.29 is 5.11 Å². The van der Waals surface area contributed by atoms with Crippen LogP contribution in [-0.4, -0.2) is 5.11 Å². The molecule has 0 saturated carbocycles. The second-order valence-electron chi connectivity index (χ2n) is 2.59. The minimum absolute atomic E-state index is 0.376. The van der Waals surface area contributed by atoms with Gasteiger partial charge in [-0.05, 0) is 24.1 Å². The van der Waals surface area contributed by atoms with Crippen molar-refractivity contribution in [3.8, 4) is 0 Å². The number of rotatable bonds is 2. The predicted molar refractivity (Wildman–Crippen MR) is 46.1 cm³/mol. The summed E-state index contributed by atoms with van der Waals surface area (Å²) in [6.45, 7) is 1.94. The average Bonchev–Trinajstić information content (AvgIpc) is 2.03. The quantitative estimate of drug-likeness (QED) is 0.632. The van der Waals surface area contributed by atoms with E-state index in [0.717, 1.165) is 12.0 Å². The molecule has 0 saturated heterocycles. The summed E-state index contributed by atoms with van der Waals surface area (Å²) in [7, 11) is 0. The van der Waals surface area contributed by atoms with Crippen LogP contribution in [0.2, 0.25) is 0 Å². The Morgan fingerprint density at radius 2 is 2.27 bits per heavy atom. The van der Waals surface area contributed by atoms with Crippen LogP contribution in [0.25, 0.3) is 0 Å². The van der Waals surface area contributed by atoms with Crippen molar-refractivity contribution in [2.45, 2.75) is 19.4 Å². The van der Waals surface area contributed by atoms with Crippen LogP contribution in [-0.2, 0) is 0 Å². The lowest BCUT2D eigenvalue weighted by Gasteiger charge is -2.07. The summed E-state index contributed by atoms with van der Waals surface area (Å²) in [5.41, 5.74) is 7.14. The highest BCUT2D eigenvalue weighted by Crippen LogP contribution is 2.17. The molecular weight excluding hydrogens is 138 g/mol. The van der Waals surface area contributed by atoms with Crippen molar-refractivity contribution in [2.24, 2.45) is 0 Å². The Kier molecular flexibility index (Phi) is 2.49. The van der Waals surface area contributed by atoms with E-state index in [1.807, 2.05) is 25.1 Å². The molecule has 0 bridgehead atoms. The van der Waals surface area contributed by atoms with Crippen molar-refractivity contribution in [2.75, 3.05) is 5.73 Å². The van der Waals surface area contributed by atoms with Crippen molar-refractivity contribution in [3.05, 3.63) is 29.8 Å². The zero-order valence-corrected chi connectivity index (χ0v) is 6.62. The fraction of sp³-hybridized carbons (Fsp3) is 0.333. The SMILES string of the molecule is CCC(O)c1cccc(N)c1. The number of nitrogens with two attached hydrogens (primary N) is 1. The van der Waals surface area contributed by atoms with Gasteiger partial charge in [0, 0.05) is 5.69 Å². The van der Waals surface area contributed by atoms with E-state index in [4.69, 9.17) is 5.73 Å². The van der Waals surface area contributed by atoms with Gasteiger partial charge >= 0.3 is 0 Å². The van der Waals surface area contributed by atoms with Crippen molar-refractivity contribution in [1.29, 1.82) is 0 Å². The van der Waals surface area contributed by atoms with Gasteiger partial charge < -0.3 is 10.8 Å². The Labute approximate surface area is 66.7 Å². The molecular formula is C9H13NO. The molecule has 1 unspecified atom stereocenters. The van der Waals surface area contributed by atoms with Crippen molar-refractivity contribution in [3.63, 3.8) is 0 Å². The highest BCUT2D eigenvalue weighted by atomic mass is 16.3. The van der Waals surface area contributed by atoms with E-state index in [1.54, 1.807) is 6.07 Å². The number of benzene rings is 1. The van der Waals surface area contributed by atoms with E-state index in [0.29, 0.717) is 5.69 Å². The molecule has 0 aliphatic rings. The molecule has 0 spiro atoms. The van der Waals surface area contributed by atoms with Gasteiger partial charge in [0.25, 0.3) is 0 Å². The number of anilines is 1. The summed E-state index contributed by atoms with van der Waals surface area (Å²) in [6.07, 6.45) is 0.349. The van der Waals surface area contributed by atoms with Gasteiger partial charge in [-0.1, -0.05) is 19.1 Å². The number of hydrogen-bond donors (Lipinski definition) is 2. The molecule has 0 heterocycles. The molecule has 0 aliphatic carbocycles. The Morgan fingerprint density at radius 1 is 1.55 bits per heavy atom. The second-order valence-corrected chi connectivity index (χ2v) is 2.59. The predicted octanol–water partition coefficient (Wildman–Crippen LogP) is 1.71. The molecule has 0 radical (unpaired) electrons. The van der Waals surface area contributed by atoms with E-state index in [9.17, 15) is 5.11 Å². The maximum atomic E-state index is 9.40. The van der Waals surface area contributed by atoms with Crippen LogP contribution in [0.15, 0.2) is 24.3 Å². The number of aliphatic hydroxyl groups is 1. The minimum Gasteiger partial charge on any atom is -0.399 e. The molecule has 11 heavy (non-hydrogen) atoms. The summed E-state index contributed by atoms with van der Waals surface area (Å²) in [4.78, 5) is 0. The molecule has 3 N–H and O–H groups in total. The summed E-state index contributed by atoms with van der Waals surface area (Å²) in [5, 5.41) is 9.40. The largest absolute Gasteiger partial charge is 0.399 e. The topological polar surface area (TPSA) is 46.2 Å². The highest BCUT2D eigenvalue weighted by molar-refractivity contribution is 5.41. The van der Waals surface area contributed by atoms with Gasteiger partial charge in [0.2, 0.25) is 0 Å². The van der Waals surface area contributed by atoms with Crippen LogP contribution in [0, 0.1) is 0 Å². The molecule has 0 aliphatic heterocycles. The van der Waals surface area contributed by atoms with Crippen molar-refractivity contribution >= 4 is 5.69 Å². The first-order valence-electron chi connectivity index (χ1n) is 3.77. The second kappa shape index (κ2) is 3.39. The number of nitrogen functional groups attached to an aromatic ring is 1. The number of hydrogen-bond acceptors (Lipinski definition) is 2. The third kappa shape index (κ3) is 1.95. The first-order valence-corrected chi connectivity index (χ1v) is 3.77. The summed E-state index contributed by atoms with van der Waals surface area (Å²) >= 11 is 0. The Bertz CT molecular complexity index is 235. The maximum absolute atomic E-state index is 9.40. The fourth-order valence-corrected chi connectivity index (χ4v) is 1.00. The van der Waals surface area contributed by atoms with E-state index in [1.165, 1.54) is 0 Å². The minimum atomic E-state index is -0.376. The Balaban J connectivity index is 2.86. The standard InChI is InChI=1S/C9H13NO/c1-2-9(11)7-4-3-5-8(10)6-7/h3-6,9,11H,2,10H2,1H3. The zero-order valence-electron chi connectivity index (χ0n) is 6.62. The highest BCUT2D eigenvalue weighted by Gasteiger charge is 2.02. The molecule has 60 valence electrons. The van der Waals surface area contributed by atoms with E-state index >= 15 is 0 Å². The molecule has 0 amide bonds. The molecule has 0 aromatic heterocycles.